The van der Waals surface area contributed by atoms with Crippen LogP contribution < -0.4 is 5.32 Å². The Balaban J connectivity index is 1.54. The lowest BCUT2D eigenvalue weighted by atomic mass is 9.96. The lowest BCUT2D eigenvalue weighted by Crippen LogP contribution is -2.17. The molecular formula is C19H31N. The van der Waals surface area contributed by atoms with Crippen LogP contribution in [0, 0.1) is 0 Å². The van der Waals surface area contributed by atoms with E-state index in [1.807, 2.05) is 0 Å². The number of rotatable bonds is 10. The summed E-state index contributed by atoms with van der Waals surface area (Å²) in [6.45, 7) is 5.80. The van der Waals surface area contributed by atoms with Crippen molar-refractivity contribution in [3.8, 4) is 0 Å². The van der Waals surface area contributed by atoms with Crippen LogP contribution in [-0.4, -0.2) is 12.6 Å². The molecule has 1 atom stereocenters. The number of aryl methyl sites for hydroxylation is 1. The summed E-state index contributed by atoms with van der Waals surface area (Å²) in [5.74, 6) is 0.697. The van der Waals surface area contributed by atoms with Crippen molar-refractivity contribution >= 4 is 0 Å². The topological polar surface area (TPSA) is 12.0 Å². The molecule has 1 aliphatic carbocycles. The molecule has 1 aliphatic rings. The van der Waals surface area contributed by atoms with E-state index in [2.05, 4.69) is 43.4 Å². The Morgan fingerprint density at radius 1 is 1.05 bits per heavy atom. The molecule has 1 N–H and O–H groups in total. The third-order valence-corrected chi connectivity index (χ3v) is 4.56. The van der Waals surface area contributed by atoms with E-state index >= 15 is 0 Å². The molecule has 2 rings (SSSR count). The highest BCUT2D eigenvalue weighted by Gasteiger charge is 2.19. The average Bonchev–Trinajstić information content (AvgIpc) is 3.30. The van der Waals surface area contributed by atoms with E-state index in [4.69, 9.17) is 0 Å². The molecule has 20 heavy (non-hydrogen) atoms. The van der Waals surface area contributed by atoms with E-state index in [0.29, 0.717) is 5.92 Å². The van der Waals surface area contributed by atoms with Gasteiger partial charge in [-0.3, -0.25) is 0 Å². The summed E-state index contributed by atoms with van der Waals surface area (Å²) in [5.41, 5.74) is 3.00. The molecule has 0 spiro atoms. The van der Waals surface area contributed by atoms with Gasteiger partial charge < -0.3 is 5.32 Å². The summed E-state index contributed by atoms with van der Waals surface area (Å²) in [5, 5.41) is 3.59. The Kier molecular flexibility index (Phi) is 6.59. The number of hydrogen-bond donors (Lipinski definition) is 1. The molecule has 0 saturated heterocycles. The molecule has 0 bridgehead atoms. The summed E-state index contributed by atoms with van der Waals surface area (Å²) in [7, 11) is 0. The molecule has 1 fully saturated rings. The third-order valence-electron chi connectivity index (χ3n) is 4.56. The van der Waals surface area contributed by atoms with Crippen LogP contribution in [-0.2, 0) is 6.42 Å². The Hall–Kier alpha value is -0.820. The van der Waals surface area contributed by atoms with Crippen LogP contribution in [0.4, 0.5) is 0 Å². The van der Waals surface area contributed by atoms with Gasteiger partial charge in [-0.2, -0.15) is 0 Å². The molecule has 0 aliphatic heterocycles. The minimum Gasteiger partial charge on any atom is -0.314 e. The quantitative estimate of drug-likeness (QED) is 0.588. The van der Waals surface area contributed by atoms with E-state index in [9.17, 15) is 0 Å². The first kappa shape index (κ1) is 15.6. The number of benzene rings is 1. The van der Waals surface area contributed by atoms with Crippen molar-refractivity contribution in [3.63, 3.8) is 0 Å². The Morgan fingerprint density at radius 2 is 1.75 bits per heavy atom. The molecule has 0 amide bonds. The highest BCUT2D eigenvalue weighted by atomic mass is 14.9. The van der Waals surface area contributed by atoms with Gasteiger partial charge in [-0.05, 0) is 62.1 Å². The standard InChI is InChI=1S/C19H31N/c1-3-16(2)18-11-9-17(10-12-18)8-6-4-5-7-15-20-19-13-14-19/h9-12,16,19-20H,3-8,13-15H2,1-2H3. The zero-order valence-electron chi connectivity index (χ0n) is 13.3. The fraction of sp³-hybridized carbons (Fsp3) is 0.684. The summed E-state index contributed by atoms with van der Waals surface area (Å²) < 4.78 is 0. The van der Waals surface area contributed by atoms with Crippen LogP contribution in [0.3, 0.4) is 0 Å². The summed E-state index contributed by atoms with van der Waals surface area (Å²) in [6.07, 6.45) is 10.7. The van der Waals surface area contributed by atoms with Crippen LogP contribution >= 0.6 is 0 Å². The zero-order chi connectivity index (χ0) is 14.2. The van der Waals surface area contributed by atoms with E-state index in [-0.39, 0.29) is 0 Å². The van der Waals surface area contributed by atoms with Gasteiger partial charge in [0.05, 0.1) is 0 Å². The second kappa shape index (κ2) is 8.46. The summed E-state index contributed by atoms with van der Waals surface area (Å²) in [4.78, 5) is 0. The van der Waals surface area contributed by atoms with Gasteiger partial charge in [0.15, 0.2) is 0 Å². The normalized spacial score (nSPS) is 16.3. The molecule has 0 aromatic heterocycles. The minimum absolute atomic E-state index is 0.697. The van der Waals surface area contributed by atoms with Crippen molar-refractivity contribution in [2.45, 2.75) is 77.2 Å². The predicted molar refractivity (Wildman–Crippen MR) is 88.3 cm³/mol. The smallest absolute Gasteiger partial charge is 0.00682 e. The van der Waals surface area contributed by atoms with E-state index in [1.165, 1.54) is 69.0 Å². The van der Waals surface area contributed by atoms with Gasteiger partial charge in [0.1, 0.15) is 0 Å². The Bertz CT molecular complexity index is 364. The van der Waals surface area contributed by atoms with Gasteiger partial charge >= 0.3 is 0 Å². The number of nitrogens with one attached hydrogen (secondary N) is 1. The van der Waals surface area contributed by atoms with Gasteiger partial charge in [-0.15, -0.1) is 0 Å². The summed E-state index contributed by atoms with van der Waals surface area (Å²) in [6, 6.07) is 10.2. The second-order valence-electron chi connectivity index (χ2n) is 6.44. The highest BCUT2D eigenvalue weighted by molar-refractivity contribution is 5.25. The molecule has 1 unspecified atom stereocenters. The van der Waals surface area contributed by atoms with Crippen LogP contribution in [0.5, 0.6) is 0 Å². The first-order valence-corrected chi connectivity index (χ1v) is 8.62. The SMILES string of the molecule is CCC(C)c1ccc(CCCCCCNC2CC2)cc1. The van der Waals surface area contributed by atoms with E-state index in [0.717, 1.165) is 6.04 Å². The van der Waals surface area contributed by atoms with Crippen molar-refractivity contribution in [1.29, 1.82) is 0 Å². The fourth-order valence-electron chi connectivity index (χ4n) is 2.65. The maximum absolute atomic E-state index is 3.59. The maximum Gasteiger partial charge on any atom is 0.00682 e. The summed E-state index contributed by atoms with van der Waals surface area (Å²) >= 11 is 0. The average molecular weight is 273 g/mol. The van der Waals surface area contributed by atoms with Crippen molar-refractivity contribution in [2.24, 2.45) is 0 Å². The molecule has 1 heteroatoms. The fourth-order valence-corrected chi connectivity index (χ4v) is 2.65. The van der Waals surface area contributed by atoms with Gasteiger partial charge in [0.2, 0.25) is 0 Å². The van der Waals surface area contributed by atoms with Crippen LogP contribution in [0.15, 0.2) is 24.3 Å². The third kappa shape index (κ3) is 5.66. The molecule has 112 valence electrons. The van der Waals surface area contributed by atoms with Crippen LogP contribution in [0.1, 0.15) is 75.8 Å². The largest absolute Gasteiger partial charge is 0.314 e. The lowest BCUT2D eigenvalue weighted by molar-refractivity contribution is 0.585. The maximum atomic E-state index is 3.59. The van der Waals surface area contributed by atoms with Gasteiger partial charge in [-0.25, -0.2) is 0 Å². The Labute approximate surface area is 125 Å². The van der Waals surface area contributed by atoms with Crippen molar-refractivity contribution in [3.05, 3.63) is 35.4 Å². The molecule has 1 aromatic rings. The molecule has 0 heterocycles. The first-order valence-electron chi connectivity index (χ1n) is 8.62. The lowest BCUT2D eigenvalue weighted by Gasteiger charge is -2.09. The molecule has 0 radical (unpaired) electrons. The van der Waals surface area contributed by atoms with E-state index < -0.39 is 0 Å². The van der Waals surface area contributed by atoms with Crippen molar-refractivity contribution < 1.29 is 0 Å². The number of hydrogen-bond acceptors (Lipinski definition) is 1. The van der Waals surface area contributed by atoms with Crippen LogP contribution in [0.2, 0.25) is 0 Å². The van der Waals surface area contributed by atoms with Crippen molar-refractivity contribution in [1.82, 2.24) is 5.32 Å². The molecular weight excluding hydrogens is 242 g/mol. The van der Waals surface area contributed by atoms with E-state index in [1.54, 1.807) is 0 Å². The zero-order valence-corrected chi connectivity index (χ0v) is 13.3. The minimum atomic E-state index is 0.697. The monoisotopic (exact) mass is 273 g/mol. The van der Waals surface area contributed by atoms with Gasteiger partial charge in [0.25, 0.3) is 0 Å². The van der Waals surface area contributed by atoms with Crippen molar-refractivity contribution in [2.75, 3.05) is 6.54 Å². The van der Waals surface area contributed by atoms with Gasteiger partial charge in [-0.1, -0.05) is 51.0 Å². The first-order chi connectivity index (χ1) is 9.79. The molecule has 1 saturated carbocycles. The Morgan fingerprint density at radius 3 is 2.40 bits per heavy atom. The molecule has 1 nitrogen and oxygen atoms in total. The molecule has 1 aromatic carbocycles. The highest BCUT2D eigenvalue weighted by Crippen LogP contribution is 2.20. The van der Waals surface area contributed by atoms with Gasteiger partial charge in [0, 0.05) is 6.04 Å². The predicted octanol–water partition coefficient (Wildman–Crippen LogP) is 5.06. The number of unbranched alkanes of at least 4 members (excludes halogenated alkanes) is 3. The second-order valence-corrected chi connectivity index (χ2v) is 6.44. The van der Waals surface area contributed by atoms with Crippen LogP contribution in [0.25, 0.3) is 0 Å².